The summed E-state index contributed by atoms with van der Waals surface area (Å²) in [6.07, 6.45) is 1.63. The molecule has 0 aliphatic heterocycles. The van der Waals surface area contributed by atoms with Gasteiger partial charge in [-0.3, -0.25) is 0 Å². The molecule has 0 radical (unpaired) electrons. The number of halogens is 1. The molecule has 0 aromatic heterocycles. The van der Waals surface area contributed by atoms with E-state index in [0.29, 0.717) is 0 Å². The molecule has 2 aromatic carbocycles. The fraction of sp³-hybridized carbons (Fsp3) is 0.333. The molecular weight excluding hydrogens is 249 g/mol. The van der Waals surface area contributed by atoms with E-state index in [-0.39, 0.29) is 11.9 Å². The minimum Gasteiger partial charge on any atom is -0.327 e. The van der Waals surface area contributed by atoms with Gasteiger partial charge in [-0.2, -0.15) is 0 Å². The lowest BCUT2D eigenvalue weighted by molar-refractivity contribution is 0.621. The lowest BCUT2D eigenvalue weighted by atomic mass is 9.94. The Balaban J connectivity index is 2.08. The SMILES string of the molecule is Cc1ccc(C)c(CC(N)Cc2ccc(F)cc2C)c1. The summed E-state index contributed by atoms with van der Waals surface area (Å²) in [6, 6.07) is 11.4. The average Bonchev–Trinajstić information content (AvgIpc) is 2.37. The molecule has 0 aliphatic carbocycles. The second-order valence-electron chi connectivity index (χ2n) is 5.67. The van der Waals surface area contributed by atoms with Crippen molar-refractivity contribution in [2.45, 2.75) is 39.7 Å². The molecule has 2 rings (SSSR count). The quantitative estimate of drug-likeness (QED) is 0.897. The lowest BCUT2D eigenvalue weighted by Crippen LogP contribution is -2.26. The highest BCUT2D eigenvalue weighted by atomic mass is 19.1. The molecule has 0 saturated heterocycles. The van der Waals surface area contributed by atoms with Crippen molar-refractivity contribution in [2.24, 2.45) is 5.73 Å². The molecule has 0 amide bonds. The third-order valence-corrected chi connectivity index (χ3v) is 3.77. The molecule has 1 atom stereocenters. The largest absolute Gasteiger partial charge is 0.327 e. The molecule has 0 spiro atoms. The van der Waals surface area contributed by atoms with Crippen molar-refractivity contribution >= 4 is 0 Å². The number of aryl methyl sites for hydroxylation is 3. The summed E-state index contributed by atoms with van der Waals surface area (Å²) in [7, 11) is 0. The second-order valence-corrected chi connectivity index (χ2v) is 5.67. The van der Waals surface area contributed by atoms with Crippen molar-refractivity contribution < 1.29 is 4.39 Å². The fourth-order valence-corrected chi connectivity index (χ4v) is 2.55. The van der Waals surface area contributed by atoms with Gasteiger partial charge in [-0.25, -0.2) is 4.39 Å². The molecule has 0 fully saturated rings. The summed E-state index contributed by atoms with van der Waals surface area (Å²) in [6.45, 7) is 6.15. The van der Waals surface area contributed by atoms with Gasteiger partial charge >= 0.3 is 0 Å². The first-order valence-electron chi connectivity index (χ1n) is 7.02. The minimum atomic E-state index is -0.186. The zero-order chi connectivity index (χ0) is 14.7. The van der Waals surface area contributed by atoms with Crippen LogP contribution in [0, 0.1) is 26.6 Å². The van der Waals surface area contributed by atoms with Crippen molar-refractivity contribution in [3.63, 3.8) is 0 Å². The summed E-state index contributed by atoms with van der Waals surface area (Å²) < 4.78 is 13.1. The highest BCUT2D eigenvalue weighted by Gasteiger charge is 2.10. The minimum absolute atomic E-state index is 0.0552. The van der Waals surface area contributed by atoms with Crippen LogP contribution in [0.4, 0.5) is 4.39 Å². The van der Waals surface area contributed by atoms with Crippen molar-refractivity contribution in [2.75, 3.05) is 0 Å². The van der Waals surface area contributed by atoms with E-state index < -0.39 is 0 Å². The van der Waals surface area contributed by atoms with Crippen LogP contribution in [-0.4, -0.2) is 6.04 Å². The highest BCUT2D eigenvalue weighted by Crippen LogP contribution is 2.16. The predicted octanol–water partition coefficient (Wildman–Crippen LogP) is 3.86. The molecule has 106 valence electrons. The highest BCUT2D eigenvalue weighted by molar-refractivity contribution is 5.32. The van der Waals surface area contributed by atoms with Crippen LogP contribution in [0.15, 0.2) is 36.4 Å². The Hall–Kier alpha value is -1.67. The van der Waals surface area contributed by atoms with Crippen LogP contribution >= 0.6 is 0 Å². The number of rotatable bonds is 4. The van der Waals surface area contributed by atoms with Gasteiger partial charge in [-0.05, 0) is 68.0 Å². The van der Waals surface area contributed by atoms with E-state index in [1.54, 1.807) is 6.07 Å². The Morgan fingerprint density at radius 3 is 2.30 bits per heavy atom. The second kappa shape index (κ2) is 6.19. The zero-order valence-electron chi connectivity index (χ0n) is 12.4. The molecule has 1 nitrogen and oxygen atoms in total. The van der Waals surface area contributed by atoms with E-state index >= 15 is 0 Å². The van der Waals surface area contributed by atoms with Crippen molar-refractivity contribution in [3.8, 4) is 0 Å². The Kier molecular flexibility index (Phi) is 4.56. The van der Waals surface area contributed by atoms with Crippen molar-refractivity contribution in [3.05, 3.63) is 70.0 Å². The Morgan fingerprint density at radius 1 is 0.900 bits per heavy atom. The summed E-state index contributed by atoms with van der Waals surface area (Å²) in [5, 5.41) is 0. The van der Waals surface area contributed by atoms with E-state index in [1.165, 1.54) is 22.8 Å². The number of hydrogen-bond acceptors (Lipinski definition) is 1. The maximum atomic E-state index is 13.1. The van der Waals surface area contributed by atoms with Crippen LogP contribution in [0.3, 0.4) is 0 Å². The maximum absolute atomic E-state index is 13.1. The molecular formula is C18H22FN. The molecule has 2 N–H and O–H groups in total. The van der Waals surface area contributed by atoms with E-state index in [0.717, 1.165) is 24.0 Å². The zero-order valence-corrected chi connectivity index (χ0v) is 12.4. The van der Waals surface area contributed by atoms with E-state index in [2.05, 4.69) is 32.0 Å². The Labute approximate surface area is 120 Å². The number of hydrogen-bond donors (Lipinski definition) is 1. The third kappa shape index (κ3) is 3.67. The first-order valence-corrected chi connectivity index (χ1v) is 7.02. The molecule has 1 unspecified atom stereocenters. The van der Waals surface area contributed by atoms with Gasteiger partial charge < -0.3 is 5.73 Å². The molecule has 0 aliphatic rings. The van der Waals surface area contributed by atoms with E-state index in [1.807, 2.05) is 13.0 Å². The molecule has 2 heteroatoms. The first kappa shape index (κ1) is 14.7. The Bertz CT molecular complexity index is 604. The average molecular weight is 271 g/mol. The molecule has 20 heavy (non-hydrogen) atoms. The van der Waals surface area contributed by atoms with Crippen molar-refractivity contribution in [1.29, 1.82) is 0 Å². The molecule has 2 aromatic rings. The van der Waals surface area contributed by atoms with Gasteiger partial charge in [-0.15, -0.1) is 0 Å². The van der Waals surface area contributed by atoms with Crippen LogP contribution in [0.25, 0.3) is 0 Å². The predicted molar refractivity (Wildman–Crippen MR) is 82.4 cm³/mol. The van der Waals surface area contributed by atoms with Gasteiger partial charge in [-0.1, -0.05) is 29.8 Å². The molecule has 0 bridgehead atoms. The van der Waals surface area contributed by atoms with Gasteiger partial charge in [0, 0.05) is 6.04 Å². The van der Waals surface area contributed by atoms with Gasteiger partial charge in [0.25, 0.3) is 0 Å². The summed E-state index contributed by atoms with van der Waals surface area (Å²) in [5.74, 6) is -0.186. The van der Waals surface area contributed by atoms with Gasteiger partial charge in [0.1, 0.15) is 5.82 Å². The number of benzene rings is 2. The van der Waals surface area contributed by atoms with Crippen LogP contribution < -0.4 is 5.73 Å². The lowest BCUT2D eigenvalue weighted by Gasteiger charge is -2.15. The summed E-state index contributed by atoms with van der Waals surface area (Å²) in [4.78, 5) is 0. The van der Waals surface area contributed by atoms with Crippen LogP contribution in [0.1, 0.15) is 27.8 Å². The third-order valence-electron chi connectivity index (χ3n) is 3.77. The van der Waals surface area contributed by atoms with Gasteiger partial charge in [0.15, 0.2) is 0 Å². The van der Waals surface area contributed by atoms with E-state index in [9.17, 15) is 4.39 Å². The van der Waals surface area contributed by atoms with Crippen molar-refractivity contribution in [1.82, 2.24) is 0 Å². The van der Waals surface area contributed by atoms with Crippen LogP contribution in [0.2, 0.25) is 0 Å². The summed E-state index contributed by atoms with van der Waals surface area (Å²) >= 11 is 0. The van der Waals surface area contributed by atoms with Crippen LogP contribution in [-0.2, 0) is 12.8 Å². The van der Waals surface area contributed by atoms with Crippen LogP contribution in [0.5, 0.6) is 0 Å². The first-order chi connectivity index (χ1) is 9.45. The van der Waals surface area contributed by atoms with Gasteiger partial charge in [0.2, 0.25) is 0 Å². The standard InChI is InChI=1S/C18H22FN/c1-12-4-5-13(2)16(8-12)11-18(20)10-15-6-7-17(19)9-14(15)3/h4-9,18H,10-11,20H2,1-3H3. The van der Waals surface area contributed by atoms with E-state index in [4.69, 9.17) is 5.73 Å². The smallest absolute Gasteiger partial charge is 0.123 e. The monoisotopic (exact) mass is 271 g/mol. The summed E-state index contributed by atoms with van der Waals surface area (Å²) in [5.41, 5.74) is 12.2. The maximum Gasteiger partial charge on any atom is 0.123 e. The van der Waals surface area contributed by atoms with Gasteiger partial charge in [0.05, 0.1) is 0 Å². The number of nitrogens with two attached hydrogens (primary N) is 1. The topological polar surface area (TPSA) is 26.0 Å². The molecule has 0 heterocycles. The Morgan fingerprint density at radius 2 is 1.60 bits per heavy atom. The fourth-order valence-electron chi connectivity index (χ4n) is 2.55. The molecule has 0 saturated carbocycles. The normalized spacial score (nSPS) is 12.4.